The Morgan fingerprint density at radius 1 is 1.26 bits per heavy atom. The van der Waals surface area contributed by atoms with Crippen LogP contribution in [0.2, 0.25) is 0 Å². The maximum atomic E-state index is 12.7. The molecule has 0 aliphatic heterocycles. The quantitative estimate of drug-likeness (QED) is 0.361. The van der Waals surface area contributed by atoms with Gasteiger partial charge in [-0.25, -0.2) is 13.4 Å². The molecule has 1 aliphatic rings. The van der Waals surface area contributed by atoms with Crippen LogP contribution < -0.4 is 10.6 Å². The summed E-state index contributed by atoms with van der Waals surface area (Å²) in [6.07, 6.45) is 11.0. The van der Waals surface area contributed by atoms with Crippen molar-refractivity contribution in [3.8, 4) is 0 Å². The van der Waals surface area contributed by atoms with E-state index in [1.165, 1.54) is 11.3 Å². The van der Waals surface area contributed by atoms with E-state index < -0.39 is 15.4 Å². The Kier molecular flexibility index (Phi) is 8.98. The smallest absolute Gasteiger partial charge is 0.261 e. The van der Waals surface area contributed by atoms with Crippen molar-refractivity contribution in [2.45, 2.75) is 49.5 Å². The summed E-state index contributed by atoms with van der Waals surface area (Å²) in [5.41, 5.74) is 1.11. The predicted molar refractivity (Wildman–Crippen MR) is 143 cm³/mol. The first kappa shape index (κ1) is 26.8. The van der Waals surface area contributed by atoms with E-state index in [2.05, 4.69) is 20.6 Å². The molecule has 1 fully saturated rings. The van der Waals surface area contributed by atoms with E-state index in [0.717, 1.165) is 42.4 Å². The summed E-state index contributed by atoms with van der Waals surface area (Å²) in [5, 5.41) is 15.8. The summed E-state index contributed by atoms with van der Waals surface area (Å²) in [5.74, 6) is 0.227. The highest BCUT2D eigenvalue weighted by Gasteiger charge is 2.35. The Morgan fingerprint density at radius 2 is 2.00 bits per heavy atom. The first-order valence-electron chi connectivity index (χ1n) is 11.4. The van der Waals surface area contributed by atoms with E-state index in [4.69, 9.17) is 0 Å². The standard InChI is InChI=1S/C25H32N4O4S2/c1-18-15-22(23(31)29-25(17-30)12-5-6-13-25)34-21(18)11-4-7-14-27-24(26-2)28-19-9-8-10-20(16-19)35(3,32)33/h4,8-11,14-16,30H,5-7,12-13,17H2,1-3H3,(H,26,28)(H,29,31)/b11-4-,27-14-. The van der Waals surface area contributed by atoms with E-state index in [0.29, 0.717) is 22.9 Å². The van der Waals surface area contributed by atoms with Crippen LogP contribution in [0.4, 0.5) is 5.69 Å². The number of aliphatic imine (C=N–C) groups is 2. The average Bonchev–Trinajstić information content (AvgIpc) is 3.44. The summed E-state index contributed by atoms with van der Waals surface area (Å²) >= 11 is 1.42. The first-order chi connectivity index (χ1) is 16.7. The average molecular weight is 517 g/mol. The van der Waals surface area contributed by atoms with E-state index in [9.17, 15) is 18.3 Å². The van der Waals surface area contributed by atoms with Crippen molar-refractivity contribution in [1.82, 2.24) is 5.32 Å². The van der Waals surface area contributed by atoms with Gasteiger partial charge in [-0.3, -0.25) is 9.79 Å². The van der Waals surface area contributed by atoms with Crippen LogP contribution in [-0.2, 0) is 9.84 Å². The number of carbonyl (C=O) groups excluding carboxylic acids is 1. The van der Waals surface area contributed by atoms with Gasteiger partial charge < -0.3 is 15.7 Å². The summed E-state index contributed by atoms with van der Waals surface area (Å²) in [6.45, 7) is 1.94. The summed E-state index contributed by atoms with van der Waals surface area (Å²) in [4.78, 5) is 23.0. The first-order valence-corrected chi connectivity index (χ1v) is 14.1. The number of anilines is 1. The Bertz CT molecular complexity index is 1240. The van der Waals surface area contributed by atoms with Crippen LogP contribution in [0.5, 0.6) is 0 Å². The molecule has 1 heterocycles. The number of rotatable bonds is 8. The van der Waals surface area contributed by atoms with Crippen LogP contribution >= 0.6 is 11.3 Å². The number of benzene rings is 1. The van der Waals surface area contributed by atoms with Gasteiger partial charge in [-0.05, 0) is 55.7 Å². The van der Waals surface area contributed by atoms with Gasteiger partial charge in [0.25, 0.3) is 5.91 Å². The zero-order chi connectivity index (χ0) is 25.5. The van der Waals surface area contributed by atoms with E-state index in [1.807, 2.05) is 25.1 Å². The van der Waals surface area contributed by atoms with Gasteiger partial charge in [0, 0.05) is 36.5 Å². The van der Waals surface area contributed by atoms with Gasteiger partial charge in [-0.1, -0.05) is 25.0 Å². The zero-order valence-electron chi connectivity index (χ0n) is 20.2. The number of aliphatic hydroxyl groups excluding tert-OH is 1. The van der Waals surface area contributed by atoms with Crippen molar-refractivity contribution in [2.75, 3.05) is 25.2 Å². The third kappa shape index (κ3) is 7.33. The molecule has 1 amide bonds. The molecule has 188 valence electrons. The van der Waals surface area contributed by atoms with Crippen molar-refractivity contribution >= 4 is 51.0 Å². The number of nitrogens with one attached hydrogen (secondary N) is 2. The molecule has 35 heavy (non-hydrogen) atoms. The number of amides is 1. The molecule has 3 N–H and O–H groups in total. The molecule has 0 unspecified atom stereocenters. The number of thiophene rings is 1. The fourth-order valence-electron chi connectivity index (χ4n) is 3.91. The molecule has 0 atom stereocenters. The summed E-state index contributed by atoms with van der Waals surface area (Å²) in [7, 11) is -1.70. The summed E-state index contributed by atoms with van der Waals surface area (Å²) < 4.78 is 23.5. The van der Waals surface area contributed by atoms with E-state index in [-0.39, 0.29) is 17.4 Å². The lowest BCUT2D eigenvalue weighted by Crippen LogP contribution is -2.49. The van der Waals surface area contributed by atoms with Crippen molar-refractivity contribution in [3.63, 3.8) is 0 Å². The van der Waals surface area contributed by atoms with Gasteiger partial charge >= 0.3 is 0 Å². The highest BCUT2D eigenvalue weighted by Crippen LogP contribution is 2.30. The summed E-state index contributed by atoms with van der Waals surface area (Å²) in [6, 6.07) is 8.37. The van der Waals surface area contributed by atoms with Gasteiger partial charge in [0.2, 0.25) is 5.96 Å². The number of nitrogens with zero attached hydrogens (tertiary/aromatic N) is 2. The van der Waals surface area contributed by atoms with Crippen LogP contribution in [0, 0.1) is 6.92 Å². The van der Waals surface area contributed by atoms with Crippen LogP contribution in [-0.4, -0.2) is 57.1 Å². The van der Waals surface area contributed by atoms with E-state index in [1.54, 1.807) is 37.5 Å². The Hall–Kier alpha value is -2.82. The predicted octanol–water partition coefficient (Wildman–Crippen LogP) is 4.07. The number of aryl methyl sites for hydroxylation is 1. The highest BCUT2D eigenvalue weighted by atomic mass is 32.2. The van der Waals surface area contributed by atoms with E-state index >= 15 is 0 Å². The molecule has 0 bridgehead atoms. The minimum absolute atomic E-state index is 0.0315. The molecule has 1 saturated carbocycles. The van der Waals surface area contributed by atoms with Gasteiger partial charge in [0.05, 0.1) is 21.9 Å². The maximum absolute atomic E-state index is 12.7. The number of guanidine groups is 1. The van der Waals surface area contributed by atoms with Crippen LogP contribution in [0.1, 0.15) is 52.2 Å². The number of aliphatic hydroxyl groups is 1. The molecule has 2 aromatic rings. The topological polar surface area (TPSA) is 120 Å². The van der Waals surface area contributed by atoms with Gasteiger partial charge in [0.1, 0.15) is 0 Å². The Morgan fingerprint density at radius 3 is 2.66 bits per heavy atom. The molecule has 1 aliphatic carbocycles. The van der Waals surface area contributed by atoms with Gasteiger partial charge in [0.15, 0.2) is 9.84 Å². The van der Waals surface area contributed by atoms with Crippen molar-refractivity contribution in [1.29, 1.82) is 0 Å². The second-order valence-electron chi connectivity index (χ2n) is 8.68. The molecule has 1 aromatic heterocycles. The monoisotopic (exact) mass is 516 g/mol. The number of hydrogen-bond acceptors (Lipinski definition) is 6. The molecule has 8 nitrogen and oxygen atoms in total. The molecule has 0 saturated heterocycles. The molecular formula is C25H32N4O4S2. The van der Waals surface area contributed by atoms with Crippen molar-refractivity contribution in [3.05, 3.63) is 51.7 Å². The number of allylic oxidation sites excluding steroid dienone is 1. The Labute approximate surface area is 210 Å². The van der Waals surface area contributed by atoms with Crippen LogP contribution in [0.25, 0.3) is 6.08 Å². The van der Waals surface area contributed by atoms with Crippen LogP contribution in [0.3, 0.4) is 0 Å². The van der Waals surface area contributed by atoms with Crippen LogP contribution in [0.15, 0.2) is 51.3 Å². The molecule has 10 heteroatoms. The molecule has 0 radical (unpaired) electrons. The molecular weight excluding hydrogens is 484 g/mol. The SMILES string of the molecule is C/N=C(\N=C/C/C=C\c1sc(C(=O)NC2(CO)CCCC2)cc1C)Nc1cccc(S(C)(=O)=O)c1. The maximum Gasteiger partial charge on any atom is 0.261 e. The minimum Gasteiger partial charge on any atom is -0.394 e. The molecule has 0 spiro atoms. The highest BCUT2D eigenvalue weighted by molar-refractivity contribution is 7.90. The van der Waals surface area contributed by atoms with Crippen molar-refractivity contribution in [2.24, 2.45) is 9.98 Å². The number of hydrogen-bond donors (Lipinski definition) is 3. The Balaban J connectivity index is 1.57. The third-order valence-electron chi connectivity index (χ3n) is 5.88. The van der Waals surface area contributed by atoms with Gasteiger partial charge in [-0.2, -0.15) is 0 Å². The fraction of sp³-hybridized carbons (Fsp3) is 0.400. The zero-order valence-corrected chi connectivity index (χ0v) is 21.9. The second-order valence-corrected chi connectivity index (χ2v) is 11.8. The minimum atomic E-state index is -3.30. The lowest BCUT2D eigenvalue weighted by molar-refractivity contribution is 0.0842. The van der Waals surface area contributed by atoms with Gasteiger partial charge in [-0.15, -0.1) is 11.3 Å². The largest absolute Gasteiger partial charge is 0.394 e. The normalized spacial score (nSPS) is 16.3. The number of sulfone groups is 1. The fourth-order valence-corrected chi connectivity index (χ4v) is 5.57. The lowest BCUT2D eigenvalue weighted by Gasteiger charge is -2.27. The number of carbonyl (C=O) groups is 1. The third-order valence-corrected chi connectivity index (χ3v) is 8.19. The lowest BCUT2D eigenvalue weighted by atomic mass is 9.99. The van der Waals surface area contributed by atoms with Crippen molar-refractivity contribution < 1.29 is 18.3 Å². The second kappa shape index (κ2) is 11.7. The molecule has 1 aromatic carbocycles. The molecule has 3 rings (SSSR count).